The summed E-state index contributed by atoms with van der Waals surface area (Å²) in [6.45, 7) is 4.29. The van der Waals surface area contributed by atoms with E-state index in [1.165, 1.54) is 0 Å². The number of hydrogen-bond acceptors (Lipinski definition) is 4. The number of nitrogens with zero attached hydrogens (tertiary/aromatic N) is 3. The molecule has 1 aromatic heterocycles. The molecule has 0 fully saturated rings. The van der Waals surface area contributed by atoms with E-state index in [-0.39, 0.29) is 23.7 Å². The topological polar surface area (TPSA) is 75.2 Å². The van der Waals surface area contributed by atoms with Gasteiger partial charge in [0.15, 0.2) is 0 Å². The average Bonchev–Trinajstić information content (AvgIpc) is 2.85. The van der Waals surface area contributed by atoms with Crippen LogP contribution in [0.4, 0.5) is 5.95 Å². The molecular formula is C17H18N4O2. The Morgan fingerprint density at radius 1 is 1.17 bits per heavy atom. The van der Waals surface area contributed by atoms with Crippen LogP contribution >= 0.6 is 0 Å². The zero-order valence-corrected chi connectivity index (χ0v) is 13.1. The van der Waals surface area contributed by atoms with Gasteiger partial charge in [0, 0.05) is 24.5 Å². The van der Waals surface area contributed by atoms with Crippen molar-refractivity contribution in [2.45, 2.75) is 26.4 Å². The number of carbonyl (C=O) groups excluding carboxylic acids is 2. The van der Waals surface area contributed by atoms with Gasteiger partial charge < -0.3 is 4.90 Å². The molecule has 0 saturated carbocycles. The molecule has 1 N–H and O–H groups in total. The second-order valence-corrected chi connectivity index (χ2v) is 5.84. The number of carbonyl (C=O) groups is 2. The summed E-state index contributed by atoms with van der Waals surface area (Å²) < 4.78 is 0. The maximum absolute atomic E-state index is 12.7. The van der Waals surface area contributed by atoms with Crippen molar-refractivity contribution >= 4 is 17.8 Å². The summed E-state index contributed by atoms with van der Waals surface area (Å²) >= 11 is 0. The van der Waals surface area contributed by atoms with E-state index in [1.54, 1.807) is 29.4 Å². The van der Waals surface area contributed by atoms with Crippen LogP contribution in [-0.4, -0.2) is 32.7 Å². The maximum atomic E-state index is 12.7. The fraction of sp³-hybridized carbons (Fsp3) is 0.294. The lowest BCUT2D eigenvalue weighted by Crippen LogP contribution is -2.47. The number of benzene rings is 1. The molecule has 2 heterocycles. The van der Waals surface area contributed by atoms with Crippen LogP contribution in [0, 0.1) is 5.92 Å². The van der Waals surface area contributed by atoms with Crippen molar-refractivity contribution in [1.29, 1.82) is 0 Å². The number of amides is 2. The third kappa shape index (κ3) is 2.92. The summed E-state index contributed by atoms with van der Waals surface area (Å²) in [4.78, 5) is 34.9. The van der Waals surface area contributed by atoms with Crippen molar-refractivity contribution in [3.05, 3.63) is 53.9 Å². The molecule has 0 spiro atoms. The lowest BCUT2D eigenvalue weighted by Gasteiger charge is -2.29. The number of hydrogen-bond donors (Lipinski definition) is 1. The number of rotatable bonds is 4. The van der Waals surface area contributed by atoms with Gasteiger partial charge in [-0.3, -0.25) is 14.9 Å². The molecule has 3 rings (SSSR count). The molecule has 1 atom stereocenters. The monoisotopic (exact) mass is 310 g/mol. The predicted octanol–water partition coefficient (Wildman–Crippen LogP) is 2.10. The molecule has 0 aliphatic carbocycles. The van der Waals surface area contributed by atoms with Crippen LogP contribution in [0.2, 0.25) is 0 Å². The molecule has 1 aromatic carbocycles. The number of anilines is 1. The van der Waals surface area contributed by atoms with Crippen LogP contribution in [0.1, 0.15) is 29.8 Å². The molecule has 118 valence electrons. The second kappa shape index (κ2) is 6.16. The summed E-state index contributed by atoms with van der Waals surface area (Å²) in [6.07, 6.45) is 3.12. The molecule has 1 aliphatic heterocycles. The minimum Gasteiger partial charge on any atom is -0.322 e. The van der Waals surface area contributed by atoms with E-state index in [0.717, 1.165) is 5.56 Å². The SMILES string of the molecule is CC(C)[C@H](C(=O)Nc1ncccn1)N1Cc2ccccc2C1=O. The van der Waals surface area contributed by atoms with Crippen molar-refractivity contribution < 1.29 is 9.59 Å². The molecule has 0 radical (unpaired) electrons. The number of aromatic nitrogens is 2. The Kier molecular flexibility index (Phi) is 4.06. The van der Waals surface area contributed by atoms with E-state index in [0.29, 0.717) is 12.1 Å². The van der Waals surface area contributed by atoms with Gasteiger partial charge in [-0.25, -0.2) is 9.97 Å². The highest BCUT2D eigenvalue weighted by Gasteiger charge is 2.38. The molecule has 2 amide bonds. The van der Waals surface area contributed by atoms with Crippen molar-refractivity contribution in [1.82, 2.24) is 14.9 Å². The first-order chi connectivity index (χ1) is 11.1. The van der Waals surface area contributed by atoms with Gasteiger partial charge in [-0.2, -0.15) is 0 Å². The Morgan fingerprint density at radius 3 is 2.52 bits per heavy atom. The van der Waals surface area contributed by atoms with Gasteiger partial charge in [0.25, 0.3) is 5.91 Å². The van der Waals surface area contributed by atoms with E-state index in [4.69, 9.17) is 0 Å². The van der Waals surface area contributed by atoms with Crippen molar-refractivity contribution in [2.24, 2.45) is 5.92 Å². The third-order valence-corrected chi connectivity index (χ3v) is 3.89. The highest BCUT2D eigenvalue weighted by atomic mass is 16.2. The summed E-state index contributed by atoms with van der Waals surface area (Å²) in [5.74, 6) is -0.167. The molecular weight excluding hydrogens is 292 g/mol. The Balaban J connectivity index is 1.83. The lowest BCUT2D eigenvalue weighted by molar-refractivity contribution is -0.122. The smallest absolute Gasteiger partial charge is 0.255 e. The highest BCUT2D eigenvalue weighted by Crippen LogP contribution is 2.27. The first-order valence-electron chi connectivity index (χ1n) is 7.54. The van der Waals surface area contributed by atoms with Gasteiger partial charge in [0.2, 0.25) is 11.9 Å². The average molecular weight is 310 g/mol. The van der Waals surface area contributed by atoms with Gasteiger partial charge in [-0.05, 0) is 23.6 Å². The second-order valence-electron chi connectivity index (χ2n) is 5.84. The molecule has 1 aliphatic rings. The normalized spacial score (nSPS) is 14.7. The van der Waals surface area contributed by atoms with Crippen LogP contribution < -0.4 is 5.32 Å². The summed E-state index contributed by atoms with van der Waals surface area (Å²) in [7, 11) is 0. The Hall–Kier alpha value is -2.76. The predicted molar refractivity (Wildman–Crippen MR) is 85.6 cm³/mol. The summed E-state index contributed by atoms with van der Waals surface area (Å²) in [6, 6.07) is 8.56. The number of fused-ring (bicyclic) bond motifs is 1. The van der Waals surface area contributed by atoms with Crippen molar-refractivity contribution in [2.75, 3.05) is 5.32 Å². The molecule has 0 unspecified atom stereocenters. The first-order valence-corrected chi connectivity index (χ1v) is 7.54. The highest BCUT2D eigenvalue weighted by molar-refractivity contribution is 6.03. The van der Waals surface area contributed by atoms with Gasteiger partial charge in [0.05, 0.1) is 0 Å². The zero-order valence-electron chi connectivity index (χ0n) is 13.1. The minimum atomic E-state index is -0.571. The van der Waals surface area contributed by atoms with E-state index in [1.807, 2.05) is 32.0 Å². The van der Waals surface area contributed by atoms with Crippen LogP contribution in [0.25, 0.3) is 0 Å². The zero-order chi connectivity index (χ0) is 16.4. The summed E-state index contributed by atoms with van der Waals surface area (Å²) in [5, 5.41) is 2.69. The van der Waals surface area contributed by atoms with Crippen molar-refractivity contribution in [3.8, 4) is 0 Å². The lowest BCUT2D eigenvalue weighted by atomic mass is 10.0. The molecule has 0 saturated heterocycles. The van der Waals surface area contributed by atoms with Gasteiger partial charge >= 0.3 is 0 Å². The molecule has 0 bridgehead atoms. The Labute approximate surface area is 134 Å². The summed E-state index contributed by atoms with van der Waals surface area (Å²) in [5.41, 5.74) is 1.62. The molecule has 23 heavy (non-hydrogen) atoms. The molecule has 2 aromatic rings. The quantitative estimate of drug-likeness (QED) is 0.938. The van der Waals surface area contributed by atoms with Crippen LogP contribution in [0.3, 0.4) is 0 Å². The van der Waals surface area contributed by atoms with Crippen LogP contribution in [-0.2, 0) is 11.3 Å². The Bertz CT molecular complexity index is 730. The third-order valence-electron chi connectivity index (χ3n) is 3.89. The van der Waals surface area contributed by atoms with E-state index >= 15 is 0 Å². The fourth-order valence-corrected chi connectivity index (χ4v) is 2.85. The standard InChI is InChI=1S/C17H18N4O2/c1-11(2)14(15(22)20-17-18-8-5-9-19-17)21-10-12-6-3-4-7-13(12)16(21)23/h3-9,11,14H,10H2,1-2H3,(H,18,19,20,22)/t14-/m1/s1. The van der Waals surface area contributed by atoms with E-state index in [2.05, 4.69) is 15.3 Å². The minimum absolute atomic E-state index is 0.0306. The number of nitrogens with one attached hydrogen (secondary N) is 1. The van der Waals surface area contributed by atoms with E-state index in [9.17, 15) is 9.59 Å². The van der Waals surface area contributed by atoms with Crippen LogP contribution in [0.15, 0.2) is 42.7 Å². The molecule has 6 nitrogen and oxygen atoms in total. The van der Waals surface area contributed by atoms with Gasteiger partial charge in [-0.1, -0.05) is 32.0 Å². The fourth-order valence-electron chi connectivity index (χ4n) is 2.85. The largest absolute Gasteiger partial charge is 0.322 e. The Morgan fingerprint density at radius 2 is 1.87 bits per heavy atom. The van der Waals surface area contributed by atoms with Crippen molar-refractivity contribution in [3.63, 3.8) is 0 Å². The maximum Gasteiger partial charge on any atom is 0.255 e. The van der Waals surface area contributed by atoms with E-state index < -0.39 is 6.04 Å². The van der Waals surface area contributed by atoms with Crippen LogP contribution in [0.5, 0.6) is 0 Å². The van der Waals surface area contributed by atoms with Gasteiger partial charge in [0.1, 0.15) is 6.04 Å². The first kappa shape index (κ1) is 15.1. The van der Waals surface area contributed by atoms with Gasteiger partial charge in [-0.15, -0.1) is 0 Å². The molecule has 6 heteroatoms.